The molecule has 0 aromatic heterocycles. The van der Waals surface area contributed by atoms with E-state index < -0.39 is 0 Å². The van der Waals surface area contributed by atoms with E-state index in [1.165, 1.54) is 55.6 Å². The normalized spacial score (nSPS) is 19.0. The van der Waals surface area contributed by atoms with Gasteiger partial charge in [0.25, 0.3) is 0 Å². The first kappa shape index (κ1) is 12.3. The monoisotopic (exact) mass is 263 g/mol. The minimum Gasteiger partial charge on any atom is -0.371 e. The van der Waals surface area contributed by atoms with Crippen LogP contribution in [0.3, 0.4) is 0 Å². The number of anilines is 1. The molecule has 0 heterocycles. The van der Waals surface area contributed by atoms with Crippen molar-refractivity contribution in [2.75, 3.05) is 18.0 Å². The highest BCUT2D eigenvalue weighted by molar-refractivity contribution is 6.17. The highest BCUT2D eigenvalue weighted by Crippen LogP contribution is 2.36. The van der Waals surface area contributed by atoms with Crippen LogP contribution in [-0.2, 0) is 5.88 Å². The van der Waals surface area contributed by atoms with E-state index in [9.17, 15) is 0 Å². The lowest BCUT2D eigenvalue weighted by Gasteiger charge is -2.25. The van der Waals surface area contributed by atoms with Crippen LogP contribution in [0.25, 0.3) is 0 Å². The molecule has 0 spiro atoms. The second kappa shape index (κ2) is 5.13. The molecule has 18 heavy (non-hydrogen) atoms. The molecular weight excluding hydrogens is 242 g/mol. The number of hydrogen-bond donors (Lipinski definition) is 0. The van der Waals surface area contributed by atoms with Crippen LogP contribution in [0.4, 0.5) is 5.69 Å². The molecule has 2 heteroatoms. The predicted octanol–water partition coefficient (Wildman–Crippen LogP) is 4.36. The highest BCUT2D eigenvalue weighted by Gasteiger charge is 2.29. The molecule has 3 rings (SSSR count). The molecular formula is C16H22ClN. The van der Waals surface area contributed by atoms with E-state index >= 15 is 0 Å². The standard InChI is InChI=1S/C16H22ClN/c1-12-8-16(7-6-15(12)9-17)18(10-13-2-3-13)11-14-4-5-14/h6-8,13-14H,2-5,9-11H2,1H3. The third-order valence-corrected chi connectivity index (χ3v) is 4.47. The maximum Gasteiger partial charge on any atom is 0.0476 e. The lowest BCUT2D eigenvalue weighted by Crippen LogP contribution is -2.28. The summed E-state index contributed by atoms with van der Waals surface area (Å²) in [4.78, 5) is 2.61. The first-order chi connectivity index (χ1) is 8.76. The van der Waals surface area contributed by atoms with Crippen LogP contribution in [0.5, 0.6) is 0 Å². The van der Waals surface area contributed by atoms with Crippen LogP contribution in [0.2, 0.25) is 0 Å². The molecule has 2 fully saturated rings. The van der Waals surface area contributed by atoms with Crippen molar-refractivity contribution in [3.05, 3.63) is 29.3 Å². The molecule has 1 aromatic carbocycles. The topological polar surface area (TPSA) is 3.24 Å². The first-order valence-corrected chi connectivity index (χ1v) is 7.70. The summed E-state index contributed by atoms with van der Waals surface area (Å²) >= 11 is 5.94. The molecule has 2 saturated carbocycles. The predicted molar refractivity (Wildman–Crippen MR) is 78.4 cm³/mol. The summed E-state index contributed by atoms with van der Waals surface area (Å²) < 4.78 is 0. The Balaban J connectivity index is 1.76. The van der Waals surface area contributed by atoms with Gasteiger partial charge in [-0.1, -0.05) is 6.07 Å². The van der Waals surface area contributed by atoms with Gasteiger partial charge in [0, 0.05) is 24.7 Å². The summed E-state index contributed by atoms with van der Waals surface area (Å²) in [6.07, 6.45) is 5.72. The Kier molecular flexibility index (Phi) is 3.52. The summed E-state index contributed by atoms with van der Waals surface area (Å²) in [5.41, 5.74) is 4.00. The number of rotatable bonds is 6. The summed E-state index contributed by atoms with van der Waals surface area (Å²) in [6, 6.07) is 6.78. The molecule has 2 aliphatic carbocycles. The molecule has 0 atom stereocenters. The lowest BCUT2D eigenvalue weighted by atomic mass is 10.1. The Bertz CT molecular complexity index is 407. The summed E-state index contributed by atoms with van der Waals surface area (Å²) in [6.45, 7) is 4.69. The van der Waals surface area contributed by atoms with E-state index in [-0.39, 0.29) is 0 Å². The maximum atomic E-state index is 5.94. The van der Waals surface area contributed by atoms with Crippen molar-refractivity contribution < 1.29 is 0 Å². The molecule has 0 bridgehead atoms. The quantitative estimate of drug-likeness (QED) is 0.690. The maximum absolute atomic E-state index is 5.94. The third-order valence-electron chi connectivity index (χ3n) is 4.19. The number of nitrogens with zero attached hydrogens (tertiary/aromatic N) is 1. The van der Waals surface area contributed by atoms with E-state index in [1.54, 1.807) is 0 Å². The Morgan fingerprint density at radius 3 is 2.17 bits per heavy atom. The lowest BCUT2D eigenvalue weighted by molar-refractivity contribution is 0.679. The van der Waals surface area contributed by atoms with Gasteiger partial charge in [-0.05, 0) is 67.7 Å². The summed E-state index contributed by atoms with van der Waals surface area (Å²) in [5, 5.41) is 0. The highest BCUT2D eigenvalue weighted by atomic mass is 35.5. The Hall–Kier alpha value is -0.690. The van der Waals surface area contributed by atoms with Gasteiger partial charge in [-0.15, -0.1) is 11.6 Å². The molecule has 0 aliphatic heterocycles. The van der Waals surface area contributed by atoms with Crippen molar-refractivity contribution in [1.29, 1.82) is 0 Å². The van der Waals surface area contributed by atoms with Crippen molar-refractivity contribution in [3.8, 4) is 0 Å². The number of aryl methyl sites for hydroxylation is 1. The molecule has 0 N–H and O–H groups in total. The second-order valence-corrected chi connectivity index (χ2v) is 6.30. The van der Waals surface area contributed by atoms with Crippen molar-refractivity contribution in [2.45, 2.75) is 38.5 Å². The largest absolute Gasteiger partial charge is 0.371 e. The molecule has 98 valence electrons. The number of alkyl halides is 1. The van der Waals surface area contributed by atoms with Gasteiger partial charge >= 0.3 is 0 Å². The third kappa shape index (κ3) is 3.00. The van der Waals surface area contributed by atoms with Crippen LogP contribution in [0.1, 0.15) is 36.8 Å². The summed E-state index contributed by atoms with van der Waals surface area (Å²) in [5.74, 6) is 2.53. The van der Waals surface area contributed by atoms with Crippen LogP contribution < -0.4 is 4.90 Å². The molecule has 2 aliphatic rings. The molecule has 0 saturated heterocycles. The van der Waals surface area contributed by atoms with Gasteiger partial charge in [-0.25, -0.2) is 0 Å². The van der Waals surface area contributed by atoms with E-state index in [2.05, 4.69) is 30.0 Å². The van der Waals surface area contributed by atoms with Gasteiger partial charge < -0.3 is 4.90 Å². The fraction of sp³-hybridized carbons (Fsp3) is 0.625. The van der Waals surface area contributed by atoms with Crippen LogP contribution in [-0.4, -0.2) is 13.1 Å². The number of hydrogen-bond acceptors (Lipinski definition) is 1. The Labute approximate surface area is 115 Å². The minimum atomic E-state index is 0.622. The number of halogens is 1. The van der Waals surface area contributed by atoms with Gasteiger partial charge in [0.15, 0.2) is 0 Å². The Morgan fingerprint density at radius 1 is 1.11 bits per heavy atom. The van der Waals surface area contributed by atoms with Crippen molar-refractivity contribution in [3.63, 3.8) is 0 Å². The van der Waals surface area contributed by atoms with Crippen molar-refractivity contribution >= 4 is 17.3 Å². The number of benzene rings is 1. The molecule has 0 radical (unpaired) electrons. The van der Waals surface area contributed by atoms with Crippen molar-refractivity contribution in [2.24, 2.45) is 11.8 Å². The zero-order valence-corrected chi connectivity index (χ0v) is 11.9. The van der Waals surface area contributed by atoms with Crippen LogP contribution in [0, 0.1) is 18.8 Å². The SMILES string of the molecule is Cc1cc(N(CC2CC2)CC2CC2)ccc1CCl. The van der Waals surface area contributed by atoms with E-state index in [1.807, 2.05) is 0 Å². The molecule has 0 unspecified atom stereocenters. The molecule has 1 nitrogen and oxygen atoms in total. The summed E-state index contributed by atoms with van der Waals surface area (Å²) in [7, 11) is 0. The first-order valence-electron chi connectivity index (χ1n) is 7.16. The van der Waals surface area contributed by atoms with Gasteiger partial charge in [-0.3, -0.25) is 0 Å². The zero-order chi connectivity index (χ0) is 12.5. The van der Waals surface area contributed by atoms with Gasteiger partial charge in [0.1, 0.15) is 0 Å². The molecule has 0 amide bonds. The molecule has 1 aromatic rings. The van der Waals surface area contributed by atoms with Crippen LogP contribution >= 0.6 is 11.6 Å². The smallest absolute Gasteiger partial charge is 0.0476 e. The van der Waals surface area contributed by atoms with Gasteiger partial charge in [0.2, 0.25) is 0 Å². The van der Waals surface area contributed by atoms with Crippen molar-refractivity contribution in [1.82, 2.24) is 0 Å². The van der Waals surface area contributed by atoms with Crippen LogP contribution in [0.15, 0.2) is 18.2 Å². The average molecular weight is 264 g/mol. The Morgan fingerprint density at radius 2 is 1.72 bits per heavy atom. The van der Waals surface area contributed by atoms with E-state index in [0.29, 0.717) is 5.88 Å². The fourth-order valence-corrected chi connectivity index (χ4v) is 2.84. The van der Waals surface area contributed by atoms with E-state index in [4.69, 9.17) is 11.6 Å². The fourth-order valence-electron chi connectivity index (χ4n) is 2.54. The van der Waals surface area contributed by atoms with E-state index in [0.717, 1.165) is 11.8 Å². The second-order valence-electron chi connectivity index (χ2n) is 6.04. The average Bonchev–Trinajstić information content (AvgIpc) is 3.23. The van der Waals surface area contributed by atoms with Gasteiger partial charge in [0.05, 0.1) is 0 Å². The zero-order valence-electron chi connectivity index (χ0n) is 11.2. The van der Waals surface area contributed by atoms with Gasteiger partial charge in [-0.2, -0.15) is 0 Å². The minimum absolute atomic E-state index is 0.622.